The van der Waals surface area contributed by atoms with Gasteiger partial charge >= 0.3 is 0 Å². The zero-order valence-corrected chi connectivity index (χ0v) is 11.8. The fourth-order valence-corrected chi connectivity index (χ4v) is 2.53. The second-order valence-electron chi connectivity index (χ2n) is 5.57. The fourth-order valence-electron chi connectivity index (χ4n) is 2.53. The number of carbonyl (C=O) groups excluding carboxylic acids is 1. The first-order valence-corrected chi connectivity index (χ1v) is 6.99. The second kappa shape index (κ2) is 5.12. The zero-order valence-electron chi connectivity index (χ0n) is 11.8. The number of carbonyl (C=O) groups is 1. The summed E-state index contributed by atoms with van der Waals surface area (Å²) >= 11 is 0. The Morgan fingerprint density at radius 3 is 2.65 bits per heavy atom. The van der Waals surface area contributed by atoms with Crippen molar-refractivity contribution in [1.82, 2.24) is 14.9 Å². The Kier molecular flexibility index (Phi) is 3.30. The number of rotatable bonds is 4. The molecule has 0 aliphatic heterocycles. The van der Waals surface area contributed by atoms with Gasteiger partial charge in [-0.2, -0.15) is 0 Å². The minimum atomic E-state index is -0.184. The van der Waals surface area contributed by atoms with E-state index in [1.807, 2.05) is 48.1 Å². The van der Waals surface area contributed by atoms with Gasteiger partial charge in [0.1, 0.15) is 11.9 Å². The molecule has 0 unspecified atom stereocenters. The molecule has 3 atom stereocenters. The van der Waals surface area contributed by atoms with E-state index in [1.54, 1.807) is 6.20 Å². The van der Waals surface area contributed by atoms with Gasteiger partial charge in [-0.15, -0.1) is 0 Å². The van der Waals surface area contributed by atoms with Crippen LogP contribution < -0.4 is 5.32 Å². The van der Waals surface area contributed by atoms with Crippen LogP contribution in [0.1, 0.15) is 30.8 Å². The molecule has 0 spiro atoms. The summed E-state index contributed by atoms with van der Waals surface area (Å²) in [6.45, 7) is 2.11. The van der Waals surface area contributed by atoms with Crippen LogP contribution in [0.15, 0.2) is 42.7 Å². The molecule has 1 aliphatic rings. The van der Waals surface area contributed by atoms with Crippen LogP contribution in [0.3, 0.4) is 0 Å². The van der Waals surface area contributed by atoms with Crippen molar-refractivity contribution >= 4 is 5.91 Å². The minimum Gasteiger partial charge on any atom is -0.342 e. The number of amides is 1. The summed E-state index contributed by atoms with van der Waals surface area (Å²) in [7, 11) is 1.95. The van der Waals surface area contributed by atoms with Gasteiger partial charge in [0.25, 0.3) is 0 Å². The number of hydrogen-bond acceptors (Lipinski definition) is 2. The number of imidazole rings is 1. The Hall–Kier alpha value is -2.10. The normalized spacial score (nSPS) is 22.3. The average molecular weight is 269 g/mol. The summed E-state index contributed by atoms with van der Waals surface area (Å²) in [4.78, 5) is 16.7. The molecule has 1 aliphatic carbocycles. The molecule has 4 nitrogen and oxygen atoms in total. The highest BCUT2D eigenvalue weighted by Crippen LogP contribution is 2.38. The van der Waals surface area contributed by atoms with E-state index in [2.05, 4.69) is 17.2 Å². The lowest BCUT2D eigenvalue weighted by atomic mass is 10.1. The van der Waals surface area contributed by atoms with E-state index in [4.69, 9.17) is 0 Å². The molecule has 1 N–H and O–H groups in total. The highest BCUT2D eigenvalue weighted by molar-refractivity contribution is 5.82. The highest BCUT2D eigenvalue weighted by atomic mass is 16.2. The maximum absolute atomic E-state index is 12.3. The van der Waals surface area contributed by atoms with Crippen LogP contribution in [0.5, 0.6) is 0 Å². The lowest BCUT2D eigenvalue weighted by Gasteiger charge is -2.19. The number of nitrogens with zero attached hydrogens (tertiary/aromatic N) is 2. The van der Waals surface area contributed by atoms with Gasteiger partial charge in [-0.05, 0) is 17.9 Å². The van der Waals surface area contributed by atoms with E-state index in [0.29, 0.717) is 5.92 Å². The Labute approximate surface area is 118 Å². The molecular weight excluding hydrogens is 250 g/mol. The van der Waals surface area contributed by atoms with Crippen molar-refractivity contribution in [3.63, 3.8) is 0 Å². The SMILES string of the molecule is C[C@@H]1C[C@@H]1C(=O)N[C@H](c1ccccc1)c1nccn1C. The molecule has 0 radical (unpaired) electrons. The van der Waals surface area contributed by atoms with E-state index in [9.17, 15) is 4.79 Å². The Morgan fingerprint density at radius 2 is 2.10 bits per heavy atom. The van der Waals surface area contributed by atoms with Crippen molar-refractivity contribution in [2.45, 2.75) is 19.4 Å². The van der Waals surface area contributed by atoms with Crippen LogP contribution in [-0.2, 0) is 11.8 Å². The number of benzene rings is 1. The molecule has 1 saturated carbocycles. The molecule has 20 heavy (non-hydrogen) atoms. The first kappa shape index (κ1) is 12.9. The predicted octanol–water partition coefficient (Wildman–Crippen LogP) is 2.28. The minimum absolute atomic E-state index is 0.134. The van der Waals surface area contributed by atoms with E-state index < -0.39 is 0 Å². The smallest absolute Gasteiger partial charge is 0.224 e. The number of aryl methyl sites for hydroxylation is 1. The first-order valence-electron chi connectivity index (χ1n) is 6.99. The molecule has 1 aromatic carbocycles. The molecule has 4 heteroatoms. The predicted molar refractivity (Wildman–Crippen MR) is 76.9 cm³/mol. The monoisotopic (exact) mass is 269 g/mol. The fraction of sp³-hybridized carbons (Fsp3) is 0.375. The molecule has 0 saturated heterocycles. The van der Waals surface area contributed by atoms with E-state index in [-0.39, 0.29) is 17.9 Å². The van der Waals surface area contributed by atoms with Gasteiger partial charge in [0.2, 0.25) is 5.91 Å². The van der Waals surface area contributed by atoms with Crippen molar-refractivity contribution < 1.29 is 4.79 Å². The number of hydrogen-bond donors (Lipinski definition) is 1. The molecule has 0 bridgehead atoms. The van der Waals surface area contributed by atoms with Crippen molar-refractivity contribution in [1.29, 1.82) is 0 Å². The molecular formula is C16H19N3O. The van der Waals surface area contributed by atoms with Crippen LogP contribution in [0.2, 0.25) is 0 Å². The maximum atomic E-state index is 12.3. The van der Waals surface area contributed by atoms with Gasteiger partial charge in [-0.25, -0.2) is 4.98 Å². The zero-order chi connectivity index (χ0) is 14.1. The first-order chi connectivity index (χ1) is 9.66. The van der Waals surface area contributed by atoms with E-state index >= 15 is 0 Å². The van der Waals surface area contributed by atoms with Gasteiger partial charge in [-0.3, -0.25) is 4.79 Å². The van der Waals surface area contributed by atoms with Gasteiger partial charge < -0.3 is 9.88 Å². The van der Waals surface area contributed by atoms with Crippen LogP contribution in [0, 0.1) is 11.8 Å². The Bertz CT molecular complexity index is 605. The van der Waals surface area contributed by atoms with Crippen LogP contribution in [0.25, 0.3) is 0 Å². The van der Waals surface area contributed by atoms with Crippen LogP contribution in [0.4, 0.5) is 0 Å². The van der Waals surface area contributed by atoms with Gasteiger partial charge in [-0.1, -0.05) is 37.3 Å². The largest absolute Gasteiger partial charge is 0.342 e. The van der Waals surface area contributed by atoms with Crippen molar-refractivity contribution in [3.05, 3.63) is 54.1 Å². The summed E-state index contributed by atoms with van der Waals surface area (Å²) in [5, 5.41) is 3.15. The topological polar surface area (TPSA) is 46.9 Å². The quantitative estimate of drug-likeness (QED) is 0.925. The molecule has 1 aromatic heterocycles. The molecule has 104 valence electrons. The third-order valence-corrected chi connectivity index (χ3v) is 3.98. The van der Waals surface area contributed by atoms with Crippen molar-refractivity contribution in [3.8, 4) is 0 Å². The lowest BCUT2D eigenvalue weighted by molar-refractivity contribution is -0.123. The average Bonchev–Trinajstić information content (AvgIpc) is 3.04. The Balaban J connectivity index is 1.88. The summed E-state index contributed by atoms with van der Waals surface area (Å²) in [5.74, 6) is 1.67. The Morgan fingerprint density at radius 1 is 1.40 bits per heavy atom. The highest BCUT2D eigenvalue weighted by Gasteiger charge is 2.40. The summed E-state index contributed by atoms with van der Waals surface area (Å²) in [5.41, 5.74) is 1.06. The number of aromatic nitrogens is 2. The molecule has 1 amide bonds. The molecule has 2 aromatic rings. The molecule has 1 heterocycles. The van der Waals surface area contributed by atoms with Gasteiger partial charge in [0.15, 0.2) is 0 Å². The lowest BCUT2D eigenvalue weighted by Crippen LogP contribution is -2.32. The van der Waals surface area contributed by atoms with Crippen molar-refractivity contribution in [2.24, 2.45) is 18.9 Å². The van der Waals surface area contributed by atoms with Crippen LogP contribution >= 0.6 is 0 Å². The third kappa shape index (κ3) is 2.46. The standard InChI is InChI=1S/C16H19N3O/c1-11-10-13(11)16(20)18-14(12-6-4-3-5-7-12)15-17-8-9-19(15)2/h3-9,11,13-14H,10H2,1-2H3,(H,18,20)/t11-,13+,14-/m1/s1. The van der Waals surface area contributed by atoms with Gasteiger partial charge in [0.05, 0.1) is 0 Å². The second-order valence-corrected chi connectivity index (χ2v) is 5.57. The third-order valence-electron chi connectivity index (χ3n) is 3.98. The number of nitrogens with one attached hydrogen (secondary N) is 1. The van der Waals surface area contributed by atoms with Crippen molar-refractivity contribution in [2.75, 3.05) is 0 Å². The summed E-state index contributed by atoms with van der Waals surface area (Å²) in [6.07, 6.45) is 4.66. The van der Waals surface area contributed by atoms with Gasteiger partial charge in [0, 0.05) is 25.4 Å². The van der Waals surface area contributed by atoms with Crippen LogP contribution in [-0.4, -0.2) is 15.5 Å². The van der Waals surface area contributed by atoms with E-state index in [1.165, 1.54) is 0 Å². The molecule has 1 fully saturated rings. The summed E-state index contributed by atoms with van der Waals surface area (Å²) < 4.78 is 1.95. The molecule has 3 rings (SSSR count). The van der Waals surface area contributed by atoms with E-state index in [0.717, 1.165) is 17.8 Å². The maximum Gasteiger partial charge on any atom is 0.224 e. The summed E-state index contributed by atoms with van der Waals surface area (Å²) in [6, 6.07) is 9.81.